The molecule has 0 saturated heterocycles. The van der Waals surface area contributed by atoms with Gasteiger partial charge in [-0.2, -0.15) is 0 Å². The minimum atomic E-state index is -0.0466. The molecule has 0 radical (unpaired) electrons. The molecule has 2 aromatic carbocycles. The van der Waals surface area contributed by atoms with Gasteiger partial charge in [0.1, 0.15) is 5.00 Å². The van der Waals surface area contributed by atoms with Crippen LogP contribution in [0.2, 0.25) is 0 Å². The van der Waals surface area contributed by atoms with Crippen molar-refractivity contribution < 1.29 is 4.79 Å². The summed E-state index contributed by atoms with van der Waals surface area (Å²) in [7, 11) is 0. The molecular formula is C25H26N2OS. The number of nitrogens with zero attached hydrogens (tertiary/aromatic N) is 1. The third kappa shape index (κ3) is 4.18. The number of hydrogen-bond donors (Lipinski definition) is 1. The third-order valence-corrected chi connectivity index (χ3v) is 6.73. The van der Waals surface area contributed by atoms with Crippen molar-refractivity contribution in [2.45, 2.75) is 40.0 Å². The van der Waals surface area contributed by atoms with Gasteiger partial charge in [0.15, 0.2) is 0 Å². The Hall–Kier alpha value is -2.72. The first-order valence-electron chi connectivity index (χ1n) is 10.1. The SMILES string of the molecule is Cc1cccc(C)c1NC(=O)c1c(N=Cc2ccccc2)sc2c1CCC(C)C2. The highest BCUT2D eigenvalue weighted by molar-refractivity contribution is 7.16. The van der Waals surface area contributed by atoms with Crippen LogP contribution in [0.1, 0.15) is 50.8 Å². The molecule has 3 aromatic rings. The van der Waals surface area contributed by atoms with Crippen molar-refractivity contribution in [2.75, 3.05) is 5.32 Å². The van der Waals surface area contributed by atoms with Crippen LogP contribution in [-0.2, 0) is 12.8 Å². The predicted molar refractivity (Wildman–Crippen MR) is 123 cm³/mol. The Morgan fingerprint density at radius 1 is 1.10 bits per heavy atom. The lowest BCUT2D eigenvalue weighted by Crippen LogP contribution is -2.17. The van der Waals surface area contributed by atoms with Gasteiger partial charge in [0, 0.05) is 16.8 Å². The highest BCUT2D eigenvalue weighted by atomic mass is 32.1. The van der Waals surface area contributed by atoms with Gasteiger partial charge >= 0.3 is 0 Å². The van der Waals surface area contributed by atoms with Gasteiger partial charge in [-0.1, -0.05) is 55.5 Å². The normalized spacial score (nSPS) is 16.0. The van der Waals surface area contributed by atoms with Gasteiger partial charge in [-0.3, -0.25) is 4.79 Å². The number of carbonyl (C=O) groups excluding carboxylic acids is 1. The summed E-state index contributed by atoms with van der Waals surface area (Å²) in [6.07, 6.45) is 4.96. The zero-order valence-corrected chi connectivity index (χ0v) is 18.0. The zero-order chi connectivity index (χ0) is 20.4. The lowest BCUT2D eigenvalue weighted by molar-refractivity contribution is 0.102. The van der Waals surface area contributed by atoms with Crippen LogP contribution in [0, 0.1) is 19.8 Å². The average Bonchev–Trinajstić information content (AvgIpc) is 3.07. The van der Waals surface area contributed by atoms with Crippen LogP contribution in [0.5, 0.6) is 0 Å². The van der Waals surface area contributed by atoms with Crippen LogP contribution in [0.25, 0.3) is 0 Å². The molecule has 1 aliphatic carbocycles. The summed E-state index contributed by atoms with van der Waals surface area (Å²) >= 11 is 1.67. The Balaban J connectivity index is 1.72. The number of thiophene rings is 1. The van der Waals surface area contributed by atoms with Crippen LogP contribution in [0.15, 0.2) is 53.5 Å². The number of aryl methyl sites for hydroxylation is 2. The summed E-state index contributed by atoms with van der Waals surface area (Å²) < 4.78 is 0. The second kappa shape index (κ2) is 8.34. The van der Waals surface area contributed by atoms with Gasteiger partial charge < -0.3 is 5.32 Å². The van der Waals surface area contributed by atoms with E-state index in [1.54, 1.807) is 11.3 Å². The minimum absolute atomic E-state index is 0.0466. The van der Waals surface area contributed by atoms with Crippen LogP contribution in [-0.4, -0.2) is 12.1 Å². The topological polar surface area (TPSA) is 41.5 Å². The molecule has 1 heterocycles. The van der Waals surface area contributed by atoms with Gasteiger partial charge in [0.2, 0.25) is 0 Å². The highest BCUT2D eigenvalue weighted by Crippen LogP contribution is 2.41. The first-order valence-corrected chi connectivity index (χ1v) is 11.0. The van der Waals surface area contributed by atoms with Gasteiger partial charge in [0.05, 0.1) is 5.56 Å². The van der Waals surface area contributed by atoms with E-state index in [4.69, 9.17) is 4.99 Å². The number of rotatable bonds is 4. The van der Waals surface area contributed by atoms with Crippen molar-refractivity contribution in [1.29, 1.82) is 0 Å². The lowest BCUT2D eigenvalue weighted by atomic mass is 9.88. The predicted octanol–water partition coefficient (Wildman–Crippen LogP) is 6.49. The number of aliphatic imine (C=N–C) groups is 1. The molecule has 0 fully saturated rings. The number of para-hydroxylation sites is 1. The molecular weight excluding hydrogens is 376 g/mol. The summed E-state index contributed by atoms with van der Waals surface area (Å²) in [5, 5.41) is 3.99. The summed E-state index contributed by atoms with van der Waals surface area (Å²) in [6, 6.07) is 16.1. The second-order valence-corrected chi connectivity index (χ2v) is 9.01. The first kappa shape index (κ1) is 19.6. The fourth-order valence-corrected chi connectivity index (χ4v) is 5.27. The van der Waals surface area contributed by atoms with Crippen molar-refractivity contribution in [3.8, 4) is 0 Å². The Morgan fingerprint density at radius 3 is 2.55 bits per heavy atom. The molecule has 1 N–H and O–H groups in total. The Morgan fingerprint density at radius 2 is 1.83 bits per heavy atom. The van der Waals surface area contributed by atoms with Crippen LogP contribution in [0.3, 0.4) is 0 Å². The molecule has 1 amide bonds. The maximum absolute atomic E-state index is 13.4. The van der Waals surface area contributed by atoms with Crippen molar-refractivity contribution in [2.24, 2.45) is 10.9 Å². The second-order valence-electron chi connectivity index (χ2n) is 7.92. The monoisotopic (exact) mass is 402 g/mol. The number of carbonyl (C=O) groups is 1. The molecule has 29 heavy (non-hydrogen) atoms. The minimum Gasteiger partial charge on any atom is -0.321 e. The molecule has 0 bridgehead atoms. The van der Waals surface area contributed by atoms with Crippen molar-refractivity contribution in [3.05, 3.63) is 81.2 Å². The largest absolute Gasteiger partial charge is 0.321 e. The highest BCUT2D eigenvalue weighted by Gasteiger charge is 2.27. The van der Waals surface area contributed by atoms with E-state index in [0.29, 0.717) is 5.92 Å². The fraction of sp³-hybridized carbons (Fsp3) is 0.280. The summed E-state index contributed by atoms with van der Waals surface area (Å²) in [4.78, 5) is 19.4. The quantitative estimate of drug-likeness (QED) is 0.498. The number of benzene rings is 2. The molecule has 0 spiro atoms. The van der Waals surface area contributed by atoms with E-state index in [1.165, 1.54) is 10.4 Å². The van der Waals surface area contributed by atoms with Crippen LogP contribution in [0.4, 0.5) is 10.7 Å². The van der Waals surface area contributed by atoms with Gasteiger partial charge in [0.25, 0.3) is 5.91 Å². The number of fused-ring (bicyclic) bond motifs is 1. The Labute approximate surface area is 176 Å². The molecule has 1 aromatic heterocycles. The van der Waals surface area contributed by atoms with E-state index in [-0.39, 0.29) is 5.91 Å². The molecule has 1 unspecified atom stereocenters. The zero-order valence-electron chi connectivity index (χ0n) is 17.2. The smallest absolute Gasteiger partial charge is 0.259 e. The molecule has 0 saturated carbocycles. The Kier molecular flexibility index (Phi) is 5.63. The van der Waals surface area contributed by atoms with Crippen molar-refractivity contribution in [1.82, 2.24) is 0 Å². The molecule has 0 aliphatic heterocycles. The molecule has 148 valence electrons. The van der Waals surface area contributed by atoms with E-state index in [2.05, 4.69) is 12.2 Å². The van der Waals surface area contributed by atoms with E-state index in [9.17, 15) is 4.79 Å². The molecule has 3 nitrogen and oxygen atoms in total. The summed E-state index contributed by atoms with van der Waals surface area (Å²) in [6.45, 7) is 6.34. The van der Waals surface area contributed by atoms with E-state index in [0.717, 1.165) is 52.2 Å². The van der Waals surface area contributed by atoms with E-state index < -0.39 is 0 Å². The van der Waals surface area contributed by atoms with Gasteiger partial charge in [-0.25, -0.2) is 4.99 Å². The number of amides is 1. The molecule has 4 heteroatoms. The van der Waals surface area contributed by atoms with Crippen molar-refractivity contribution >= 4 is 34.1 Å². The van der Waals surface area contributed by atoms with Gasteiger partial charge in [-0.05, 0) is 61.3 Å². The summed E-state index contributed by atoms with van der Waals surface area (Å²) in [5.74, 6) is 0.608. The van der Waals surface area contributed by atoms with Crippen molar-refractivity contribution in [3.63, 3.8) is 0 Å². The maximum Gasteiger partial charge on any atom is 0.259 e. The average molecular weight is 403 g/mol. The number of anilines is 1. The number of hydrogen-bond acceptors (Lipinski definition) is 3. The molecule has 4 rings (SSSR count). The molecule has 1 atom stereocenters. The lowest BCUT2D eigenvalue weighted by Gasteiger charge is -2.19. The fourth-order valence-electron chi connectivity index (χ4n) is 3.92. The van der Waals surface area contributed by atoms with Crippen LogP contribution >= 0.6 is 11.3 Å². The molecule has 1 aliphatic rings. The summed E-state index contributed by atoms with van der Waals surface area (Å²) in [5.41, 5.74) is 6.03. The standard InChI is InChI=1S/C25H26N2OS/c1-16-12-13-20-21(14-16)29-25(26-15-19-10-5-4-6-11-19)22(20)24(28)27-23-17(2)8-7-9-18(23)3/h4-11,15-16H,12-14H2,1-3H3,(H,27,28). The number of nitrogens with one attached hydrogen (secondary N) is 1. The van der Waals surface area contributed by atoms with Crippen LogP contribution < -0.4 is 5.32 Å². The third-order valence-electron chi connectivity index (χ3n) is 5.57. The Bertz CT molecular complexity index is 1050. The van der Waals surface area contributed by atoms with E-state index >= 15 is 0 Å². The van der Waals surface area contributed by atoms with Gasteiger partial charge in [-0.15, -0.1) is 11.3 Å². The first-order chi connectivity index (χ1) is 14.0. The maximum atomic E-state index is 13.4. The van der Waals surface area contributed by atoms with E-state index in [1.807, 2.05) is 68.6 Å².